The number of carbonyl (C=O) groups excluding carboxylic acids is 1. The Bertz CT molecular complexity index is 676. The molecule has 21 heavy (non-hydrogen) atoms. The highest BCUT2D eigenvalue weighted by molar-refractivity contribution is 6.02. The van der Waals surface area contributed by atoms with Gasteiger partial charge < -0.3 is 15.7 Å². The lowest BCUT2D eigenvalue weighted by Crippen LogP contribution is -2.43. The first-order valence-electron chi connectivity index (χ1n) is 6.99. The van der Waals surface area contributed by atoms with Gasteiger partial charge in [-0.3, -0.25) is 19.0 Å². The number of aryl methyl sites for hydroxylation is 1. The molecule has 0 radical (unpaired) electrons. The smallest absolute Gasteiger partial charge is 0.323 e. The lowest BCUT2D eigenvalue weighted by molar-refractivity contribution is -0.137. The van der Waals surface area contributed by atoms with Gasteiger partial charge >= 0.3 is 5.97 Å². The molecule has 1 aliphatic heterocycles. The van der Waals surface area contributed by atoms with Crippen molar-refractivity contribution in [3.05, 3.63) is 22.1 Å². The van der Waals surface area contributed by atoms with Crippen LogP contribution in [0.2, 0.25) is 0 Å². The van der Waals surface area contributed by atoms with E-state index in [1.54, 1.807) is 13.0 Å². The zero-order valence-electron chi connectivity index (χ0n) is 11.7. The number of aromatic nitrogens is 1. The molecular formula is C14H17N3O4. The van der Waals surface area contributed by atoms with Gasteiger partial charge in [0.25, 0.3) is 5.56 Å². The van der Waals surface area contributed by atoms with Crippen LogP contribution in [0.1, 0.15) is 25.0 Å². The number of pyridine rings is 1. The van der Waals surface area contributed by atoms with E-state index in [4.69, 9.17) is 5.11 Å². The van der Waals surface area contributed by atoms with Gasteiger partial charge in [-0.15, -0.1) is 0 Å². The van der Waals surface area contributed by atoms with Crippen molar-refractivity contribution < 1.29 is 14.7 Å². The van der Waals surface area contributed by atoms with Crippen LogP contribution in [0.25, 0.3) is 0 Å². The zero-order valence-corrected chi connectivity index (χ0v) is 11.7. The molecule has 1 aromatic heterocycles. The summed E-state index contributed by atoms with van der Waals surface area (Å²) in [5.74, 6) is -0.734. The minimum atomic E-state index is -1.10. The Labute approximate surface area is 121 Å². The largest absolute Gasteiger partial charge is 0.480 e. The maximum atomic E-state index is 12.3. The molecule has 0 bridgehead atoms. The minimum absolute atomic E-state index is 0.138. The van der Waals surface area contributed by atoms with Crippen molar-refractivity contribution in [2.45, 2.75) is 38.8 Å². The quantitative estimate of drug-likeness (QED) is 0.761. The van der Waals surface area contributed by atoms with Crippen LogP contribution in [0.4, 0.5) is 11.4 Å². The molecule has 3 rings (SSSR count). The van der Waals surface area contributed by atoms with E-state index >= 15 is 0 Å². The highest BCUT2D eigenvalue weighted by atomic mass is 16.4. The molecule has 1 aliphatic carbocycles. The summed E-state index contributed by atoms with van der Waals surface area (Å²) in [7, 11) is 0. The van der Waals surface area contributed by atoms with E-state index in [1.807, 2.05) is 0 Å². The van der Waals surface area contributed by atoms with Crippen LogP contribution in [0, 0.1) is 12.8 Å². The molecule has 0 aromatic carbocycles. The second kappa shape index (κ2) is 4.91. The van der Waals surface area contributed by atoms with Crippen LogP contribution in [0.15, 0.2) is 10.9 Å². The van der Waals surface area contributed by atoms with Gasteiger partial charge in [-0.25, -0.2) is 0 Å². The first kappa shape index (κ1) is 13.7. The number of rotatable bonds is 4. The Morgan fingerprint density at radius 1 is 1.43 bits per heavy atom. The van der Waals surface area contributed by atoms with Gasteiger partial charge in [0.15, 0.2) is 0 Å². The number of carboxylic acids is 1. The molecule has 1 fully saturated rings. The molecule has 1 amide bonds. The van der Waals surface area contributed by atoms with Gasteiger partial charge in [0.2, 0.25) is 5.91 Å². The SMILES string of the molecule is Cc1cc2c(c(=O)n1CC(=O)O)NC(=O)C(CC1CC1)N2. The molecule has 1 aromatic rings. The number of anilines is 2. The second-order valence-electron chi connectivity index (χ2n) is 5.72. The second-order valence-corrected chi connectivity index (χ2v) is 5.72. The normalized spacial score (nSPS) is 20.4. The summed E-state index contributed by atoms with van der Waals surface area (Å²) in [6.45, 7) is 1.26. The third-order valence-corrected chi connectivity index (χ3v) is 3.96. The molecule has 2 heterocycles. The number of nitrogens with one attached hydrogen (secondary N) is 2. The molecular weight excluding hydrogens is 274 g/mol. The Morgan fingerprint density at radius 2 is 2.14 bits per heavy atom. The van der Waals surface area contributed by atoms with E-state index in [0.29, 0.717) is 17.3 Å². The summed E-state index contributed by atoms with van der Waals surface area (Å²) >= 11 is 0. The van der Waals surface area contributed by atoms with Crippen molar-refractivity contribution in [3.8, 4) is 0 Å². The van der Waals surface area contributed by atoms with Crippen LogP contribution in [-0.4, -0.2) is 27.6 Å². The Morgan fingerprint density at radius 3 is 2.76 bits per heavy atom. The van der Waals surface area contributed by atoms with Crippen LogP contribution < -0.4 is 16.2 Å². The summed E-state index contributed by atoms with van der Waals surface area (Å²) < 4.78 is 1.14. The predicted molar refractivity (Wildman–Crippen MR) is 76.5 cm³/mol. The van der Waals surface area contributed by atoms with Crippen molar-refractivity contribution in [2.24, 2.45) is 5.92 Å². The first-order chi connectivity index (χ1) is 9.95. The van der Waals surface area contributed by atoms with Crippen LogP contribution in [0.3, 0.4) is 0 Å². The maximum absolute atomic E-state index is 12.3. The Kier molecular flexibility index (Phi) is 3.19. The highest BCUT2D eigenvalue weighted by Crippen LogP contribution is 2.36. The van der Waals surface area contributed by atoms with Gasteiger partial charge in [0, 0.05) is 5.69 Å². The third-order valence-electron chi connectivity index (χ3n) is 3.96. The molecule has 0 saturated heterocycles. The lowest BCUT2D eigenvalue weighted by atomic mass is 10.1. The average Bonchev–Trinajstić information content (AvgIpc) is 3.21. The maximum Gasteiger partial charge on any atom is 0.323 e. The summed E-state index contributed by atoms with van der Waals surface area (Å²) in [5, 5.41) is 14.6. The van der Waals surface area contributed by atoms with Crippen molar-refractivity contribution in [3.63, 3.8) is 0 Å². The topological polar surface area (TPSA) is 100 Å². The minimum Gasteiger partial charge on any atom is -0.480 e. The van der Waals surface area contributed by atoms with Gasteiger partial charge in [0.1, 0.15) is 18.3 Å². The van der Waals surface area contributed by atoms with E-state index < -0.39 is 18.1 Å². The molecule has 7 nitrogen and oxygen atoms in total. The van der Waals surface area contributed by atoms with E-state index in [2.05, 4.69) is 10.6 Å². The standard InChI is InChI=1S/C14H17N3O4/c1-7-4-9-12(14(21)17(7)6-11(18)19)16-13(20)10(15-9)5-8-2-3-8/h4,8,10,15H,2-3,5-6H2,1H3,(H,16,20)(H,18,19). The van der Waals surface area contributed by atoms with E-state index in [-0.39, 0.29) is 17.6 Å². The van der Waals surface area contributed by atoms with Gasteiger partial charge in [0.05, 0.1) is 5.69 Å². The van der Waals surface area contributed by atoms with Crippen molar-refractivity contribution in [1.29, 1.82) is 0 Å². The lowest BCUT2D eigenvalue weighted by Gasteiger charge is -2.27. The predicted octanol–water partition coefficient (Wildman–Crippen LogP) is 0.774. The molecule has 1 atom stereocenters. The molecule has 112 valence electrons. The van der Waals surface area contributed by atoms with Gasteiger partial charge in [-0.2, -0.15) is 0 Å². The fourth-order valence-corrected chi connectivity index (χ4v) is 2.65. The average molecular weight is 291 g/mol. The number of aliphatic carboxylic acids is 1. The summed E-state index contributed by atoms with van der Waals surface area (Å²) in [6, 6.07) is 1.39. The molecule has 7 heteroatoms. The number of fused-ring (bicyclic) bond motifs is 1. The monoisotopic (exact) mass is 291 g/mol. The Hall–Kier alpha value is -2.31. The van der Waals surface area contributed by atoms with E-state index in [9.17, 15) is 14.4 Å². The number of nitrogens with zero attached hydrogens (tertiary/aromatic N) is 1. The van der Waals surface area contributed by atoms with Gasteiger partial charge in [-0.1, -0.05) is 12.8 Å². The highest BCUT2D eigenvalue weighted by Gasteiger charge is 2.33. The molecule has 1 unspecified atom stereocenters. The number of hydrogen-bond acceptors (Lipinski definition) is 4. The fraction of sp³-hybridized carbons (Fsp3) is 0.500. The van der Waals surface area contributed by atoms with Crippen LogP contribution in [-0.2, 0) is 16.1 Å². The van der Waals surface area contributed by atoms with Crippen molar-refractivity contribution in [2.75, 3.05) is 10.6 Å². The summed E-state index contributed by atoms with van der Waals surface area (Å²) in [5.41, 5.74) is 0.774. The molecule has 2 aliphatic rings. The number of amides is 1. The van der Waals surface area contributed by atoms with Gasteiger partial charge in [-0.05, 0) is 25.3 Å². The van der Waals surface area contributed by atoms with Crippen LogP contribution in [0.5, 0.6) is 0 Å². The summed E-state index contributed by atoms with van der Waals surface area (Å²) in [6.07, 6.45) is 3.07. The van der Waals surface area contributed by atoms with Crippen molar-refractivity contribution in [1.82, 2.24) is 4.57 Å². The molecule has 1 saturated carbocycles. The first-order valence-corrected chi connectivity index (χ1v) is 6.99. The van der Waals surface area contributed by atoms with Crippen molar-refractivity contribution >= 4 is 23.3 Å². The fourth-order valence-electron chi connectivity index (χ4n) is 2.65. The zero-order chi connectivity index (χ0) is 15.1. The molecule has 3 N–H and O–H groups in total. The third kappa shape index (κ3) is 2.63. The Balaban J connectivity index is 1.94. The number of carboxylic acid groups (broad SMARTS) is 1. The molecule has 0 spiro atoms. The van der Waals surface area contributed by atoms with E-state index in [0.717, 1.165) is 23.8 Å². The summed E-state index contributed by atoms with van der Waals surface area (Å²) in [4.78, 5) is 35.2. The number of hydrogen-bond donors (Lipinski definition) is 3. The van der Waals surface area contributed by atoms with Crippen LogP contribution >= 0.6 is 0 Å². The van der Waals surface area contributed by atoms with E-state index in [1.165, 1.54) is 0 Å². The number of carbonyl (C=O) groups is 2.